The summed E-state index contributed by atoms with van der Waals surface area (Å²) in [4.78, 5) is 15.5. The molecular weight excluding hydrogens is 508 g/mol. The number of rotatable bonds is 8. The Morgan fingerprint density at radius 3 is 2.59 bits per heavy atom. The number of likely N-dealkylation sites (tertiary alicyclic amines) is 1. The lowest BCUT2D eigenvalue weighted by Crippen LogP contribution is -2.42. The van der Waals surface area contributed by atoms with Crippen LogP contribution in [0.4, 0.5) is 19.4 Å². The van der Waals surface area contributed by atoms with Crippen LogP contribution in [0.2, 0.25) is 0 Å². The Hall–Kier alpha value is -4.16. The summed E-state index contributed by atoms with van der Waals surface area (Å²) >= 11 is 0. The lowest BCUT2D eigenvalue weighted by molar-refractivity contribution is 0.159. The summed E-state index contributed by atoms with van der Waals surface area (Å²) in [5.74, 6) is -1.01. The number of methoxy groups -OCH3 is 1. The van der Waals surface area contributed by atoms with Crippen LogP contribution in [0, 0.1) is 25.5 Å². The van der Waals surface area contributed by atoms with Gasteiger partial charge in [0.2, 0.25) is 5.89 Å². The first-order valence-electron chi connectivity index (χ1n) is 12.5. The second-order valence-corrected chi connectivity index (χ2v) is 9.43. The highest BCUT2D eigenvalue weighted by Crippen LogP contribution is 2.31. The molecule has 0 saturated carbocycles. The van der Waals surface area contributed by atoms with Crippen molar-refractivity contribution in [3.63, 3.8) is 0 Å². The summed E-state index contributed by atoms with van der Waals surface area (Å²) in [6, 6.07) is 12.4. The maximum absolute atomic E-state index is 14.1. The van der Waals surface area contributed by atoms with Gasteiger partial charge in [-0.1, -0.05) is 24.3 Å². The molecule has 2 N–H and O–H groups in total. The second kappa shape index (κ2) is 11.3. The molecule has 204 valence electrons. The minimum atomic E-state index is -0.919. The van der Waals surface area contributed by atoms with Crippen LogP contribution in [0.1, 0.15) is 22.9 Å². The van der Waals surface area contributed by atoms with Gasteiger partial charge in [0, 0.05) is 45.1 Å². The van der Waals surface area contributed by atoms with Crippen LogP contribution in [0.25, 0.3) is 17.3 Å². The van der Waals surface area contributed by atoms with Crippen LogP contribution < -0.4 is 10.6 Å². The number of para-hydroxylation sites is 1. The Morgan fingerprint density at radius 2 is 1.90 bits per heavy atom. The first kappa shape index (κ1) is 26.4. The first-order valence-corrected chi connectivity index (χ1v) is 12.5. The Labute approximate surface area is 224 Å². The maximum Gasteiger partial charge on any atom is 0.320 e. The van der Waals surface area contributed by atoms with Crippen molar-refractivity contribution in [3.8, 4) is 17.3 Å². The van der Waals surface area contributed by atoms with E-state index in [9.17, 15) is 13.6 Å². The fourth-order valence-corrected chi connectivity index (χ4v) is 4.82. The zero-order valence-electron chi connectivity index (χ0n) is 21.8. The number of aromatic nitrogens is 4. The van der Waals surface area contributed by atoms with E-state index in [2.05, 4.69) is 30.8 Å². The number of aryl methyl sites for hydroxylation is 1. The number of nitrogens with one attached hydrogen (secondary N) is 2. The SMILES string of the molecule is COCCN1CC(NC(=O)Nc2c(C)c(-c3nnc(C)o3)nn2-c2ccccc2)[C@H](c2ccc(F)c(F)c2)C1. The molecule has 1 fully saturated rings. The second-order valence-electron chi connectivity index (χ2n) is 9.43. The zero-order valence-corrected chi connectivity index (χ0v) is 21.8. The number of halogens is 2. The van der Waals surface area contributed by atoms with E-state index in [4.69, 9.17) is 9.15 Å². The molecule has 4 aromatic rings. The van der Waals surface area contributed by atoms with Gasteiger partial charge in [0.1, 0.15) is 5.82 Å². The fraction of sp³-hybridized carbons (Fsp3) is 0.333. The van der Waals surface area contributed by atoms with Crippen LogP contribution in [0.5, 0.6) is 0 Å². The molecule has 5 rings (SSSR count). The largest absolute Gasteiger partial charge is 0.420 e. The lowest BCUT2D eigenvalue weighted by atomic mass is 9.94. The fourth-order valence-electron chi connectivity index (χ4n) is 4.82. The number of anilines is 1. The zero-order chi connectivity index (χ0) is 27.5. The number of hydrogen-bond donors (Lipinski definition) is 2. The van der Waals surface area contributed by atoms with Crippen LogP contribution in [-0.4, -0.2) is 70.3 Å². The van der Waals surface area contributed by atoms with E-state index in [0.29, 0.717) is 54.8 Å². The van der Waals surface area contributed by atoms with Crippen molar-refractivity contribution in [1.29, 1.82) is 0 Å². The molecule has 0 radical (unpaired) electrons. The van der Waals surface area contributed by atoms with Gasteiger partial charge in [0.15, 0.2) is 17.3 Å². The summed E-state index contributed by atoms with van der Waals surface area (Å²) in [7, 11) is 1.62. The van der Waals surface area contributed by atoms with E-state index in [0.717, 1.165) is 11.8 Å². The topological polar surface area (TPSA) is 110 Å². The normalized spacial score (nSPS) is 17.5. The van der Waals surface area contributed by atoms with Gasteiger partial charge in [-0.15, -0.1) is 10.2 Å². The van der Waals surface area contributed by atoms with Crippen molar-refractivity contribution in [2.75, 3.05) is 38.7 Å². The molecule has 0 bridgehead atoms. The number of urea groups is 1. The van der Waals surface area contributed by atoms with Crippen molar-refractivity contribution < 1.29 is 22.7 Å². The predicted molar refractivity (Wildman–Crippen MR) is 140 cm³/mol. The number of carbonyl (C=O) groups excluding carboxylic acids is 1. The van der Waals surface area contributed by atoms with E-state index in [-0.39, 0.29) is 17.9 Å². The summed E-state index contributed by atoms with van der Waals surface area (Å²) in [5.41, 5.74) is 2.42. The first-order chi connectivity index (χ1) is 18.8. The van der Waals surface area contributed by atoms with Crippen LogP contribution in [-0.2, 0) is 4.74 Å². The molecule has 0 spiro atoms. The number of amides is 2. The maximum atomic E-state index is 14.1. The number of carbonyl (C=O) groups is 1. The number of nitrogens with zero attached hydrogens (tertiary/aromatic N) is 5. The predicted octanol–water partition coefficient (Wildman–Crippen LogP) is 4.05. The molecule has 2 atom stereocenters. The Kier molecular flexibility index (Phi) is 7.66. The van der Waals surface area contributed by atoms with E-state index in [1.165, 1.54) is 6.07 Å². The van der Waals surface area contributed by atoms with Crippen molar-refractivity contribution >= 4 is 11.8 Å². The van der Waals surface area contributed by atoms with Gasteiger partial charge in [-0.2, -0.15) is 5.10 Å². The van der Waals surface area contributed by atoms with Gasteiger partial charge < -0.3 is 14.5 Å². The molecule has 2 aromatic carbocycles. The van der Waals surface area contributed by atoms with Crippen molar-refractivity contribution in [2.24, 2.45) is 0 Å². The van der Waals surface area contributed by atoms with Gasteiger partial charge in [0.05, 0.1) is 18.3 Å². The van der Waals surface area contributed by atoms with Crippen LogP contribution >= 0.6 is 0 Å². The average Bonchev–Trinajstić information content (AvgIpc) is 3.62. The monoisotopic (exact) mass is 537 g/mol. The highest BCUT2D eigenvalue weighted by atomic mass is 19.2. The van der Waals surface area contributed by atoms with Crippen molar-refractivity contribution in [1.82, 2.24) is 30.2 Å². The Balaban J connectivity index is 1.42. The molecule has 3 heterocycles. The summed E-state index contributed by atoms with van der Waals surface area (Å²) in [5, 5.41) is 18.6. The van der Waals surface area contributed by atoms with Gasteiger partial charge in [0.25, 0.3) is 5.89 Å². The van der Waals surface area contributed by atoms with Gasteiger partial charge in [-0.25, -0.2) is 18.3 Å². The standard InChI is InChI=1S/C27H29F2N7O3/c1-16-24(26-33-32-17(2)39-26)34-36(19-7-5-4-6-8-19)25(16)31-27(37)30-23-15-35(11-12-38-3)14-20(23)18-9-10-21(28)22(29)13-18/h4-10,13,20,23H,11-12,14-15H2,1-3H3,(H2,30,31,37)/t20-,23?/m0/s1. The summed E-state index contributed by atoms with van der Waals surface area (Å²) in [6.07, 6.45) is 0. The molecule has 1 saturated heterocycles. The number of benzene rings is 2. The molecule has 1 aliphatic rings. The summed E-state index contributed by atoms with van der Waals surface area (Å²) < 4.78 is 40.1. The highest BCUT2D eigenvalue weighted by molar-refractivity contribution is 5.90. The Bertz CT molecular complexity index is 1460. The lowest BCUT2D eigenvalue weighted by Gasteiger charge is -2.21. The molecule has 1 aliphatic heterocycles. The minimum absolute atomic E-state index is 0.242. The van der Waals surface area contributed by atoms with Crippen molar-refractivity contribution in [3.05, 3.63) is 77.2 Å². The van der Waals surface area contributed by atoms with Crippen LogP contribution in [0.15, 0.2) is 52.9 Å². The molecule has 2 amide bonds. The van der Waals surface area contributed by atoms with Gasteiger partial charge in [-0.05, 0) is 36.8 Å². The van der Waals surface area contributed by atoms with E-state index in [1.54, 1.807) is 24.8 Å². The minimum Gasteiger partial charge on any atom is -0.420 e. The molecule has 1 unspecified atom stereocenters. The molecule has 10 nitrogen and oxygen atoms in total. The van der Waals surface area contributed by atoms with Crippen molar-refractivity contribution in [2.45, 2.75) is 25.8 Å². The smallest absolute Gasteiger partial charge is 0.320 e. The molecule has 39 heavy (non-hydrogen) atoms. The summed E-state index contributed by atoms with van der Waals surface area (Å²) in [6.45, 7) is 5.72. The number of hydrogen-bond acceptors (Lipinski definition) is 7. The van der Waals surface area contributed by atoms with Gasteiger partial charge >= 0.3 is 6.03 Å². The number of ether oxygens (including phenoxy) is 1. The third-order valence-corrected chi connectivity index (χ3v) is 6.78. The quantitative estimate of drug-likeness (QED) is 0.349. The van der Waals surface area contributed by atoms with Crippen LogP contribution in [0.3, 0.4) is 0 Å². The van der Waals surface area contributed by atoms with E-state index >= 15 is 0 Å². The Morgan fingerprint density at radius 1 is 1.10 bits per heavy atom. The third-order valence-electron chi connectivity index (χ3n) is 6.78. The average molecular weight is 538 g/mol. The molecule has 12 heteroatoms. The molecular formula is C27H29F2N7O3. The van der Waals surface area contributed by atoms with Gasteiger partial charge in [-0.3, -0.25) is 10.2 Å². The third kappa shape index (κ3) is 5.66. The van der Waals surface area contributed by atoms with E-state index in [1.807, 2.05) is 37.3 Å². The van der Waals surface area contributed by atoms with E-state index < -0.39 is 17.7 Å². The highest BCUT2D eigenvalue weighted by Gasteiger charge is 2.35. The molecule has 2 aromatic heterocycles. The molecule has 0 aliphatic carbocycles.